The standard InChI is InChI=1S/C12H10ClFN2O3S2/c13-9-3-1-2-8(11(9)14)12(17)16-6-7-4-5-10(20-7)21(15,18)19/h1-5H,6H2,(H,16,17)(H2,15,18,19). The zero-order valence-electron chi connectivity index (χ0n) is 10.5. The summed E-state index contributed by atoms with van der Waals surface area (Å²) in [5.74, 6) is -1.44. The number of hydrogen-bond donors (Lipinski definition) is 2. The van der Waals surface area contributed by atoms with Crippen molar-refractivity contribution in [3.05, 3.63) is 51.6 Å². The highest BCUT2D eigenvalue weighted by molar-refractivity contribution is 7.91. The number of nitrogens with one attached hydrogen (secondary N) is 1. The number of amides is 1. The first-order valence-corrected chi connectivity index (χ1v) is 8.37. The van der Waals surface area contributed by atoms with E-state index >= 15 is 0 Å². The molecule has 21 heavy (non-hydrogen) atoms. The van der Waals surface area contributed by atoms with E-state index in [0.717, 1.165) is 11.3 Å². The van der Waals surface area contributed by atoms with Gasteiger partial charge in [0, 0.05) is 4.88 Å². The van der Waals surface area contributed by atoms with Crippen molar-refractivity contribution in [3.63, 3.8) is 0 Å². The summed E-state index contributed by atoms with van der Waals surface area (Å²) >= 11 is 6.53. The fourth-order valence-electron chi connectivity index (χ4n) is 1.55. The Bertz CT molecular complexity index is 790. The quantitative estimate of drug-likeness (QED) is 0.886. The Kier molecular flexibility index (Phi) is 4.62. The largest absolute Gasteiger partial charge is 0.347 e. The van der Waals surface area contributed by atoms with E-state index in [1.807, 2.05) is 0 Å². The van der Waals surface area contributed by atoms with Crippen LogP contribution in [-0.2, 0) is 16.6 Å². The normalized spacial score (nSPS) is 11.4. The monoisotopic (exact) mass is 348 g/mol. The molecule has 5 nitrogen and oxygen atoms in total. The van der Waals surface area contributed by atoms with E-state index in [0.29, 0.717) is 4.88 Å². The average Bonchev–Trinajstić information content (AvgIpc) is 2.88. The van der Waals surface area contributed by atoms with Gasteiger partial charge >= 0.3 is 0 Å². The molecule has 0 unspecified atom stereocenters. The molecule has 0 saturated heterocycles. The lowest BCUT2D eigenvalue weighted by Crippen LogP contribution is -2.23. The van der Waals surface area contributed by atoms with Crippen LogP contribution in [0.15, 0.2) is 34.5 Å². The van der Waals surface area contributed by atoms with E-state index in [2.05, 4.69) is 5.32 Å². The molecule has 0 spiro atoms. The van der Waals surface area contributed by atoms with Crippen molar-refractivity contribution in [1.82, 2.24) is 5.32 Å². The molecule has 0 aliphatic rings. The number of rotatable bonds is 4. The van der Waals surface area contributed by atoms with Crippen LogP contribution in [0.4, 0.5) is 4.39 Å². The van der Waals surface area contributed by atoms with E-state index in [1.165, 1.54) is 30.3 Å². The molecule has 1 aromatic carbocycles. The lowest BCUT2D eigenvalue weighted by Gasteiger charge is -2.05. The van der Waals surface area contributed by atoms with E-state index in [4.69, 9.17) is 16.7 Å². The van der Waals surface area contributed by atoms with E-state index in [1.54, 1.807) is 0 Å². The lowest BCUT2D eigenvalue weighted by atomic mass is 10.2. The summed E-state index contributed by atoms with van der Waals surface area (Å²) in [4.78, 5) is 12.4. The Balaban J connectivity index is 2.08. The summed E-state index contributed by atoms with van der Waals surface area (Å²) in [6.45, 7) is 0.0605. The fraction of sp³-hybridized carbons (Fsp3) is 0.0833. The average molecular weight is 349 g/mol. The maximum absolute atomic E-state index is 13.7. The number of sulfonamides is 1. The molecule has 0 bridgehead atoms. The molecule has 0 aliphatic carbocycles. The van der Waals surface area contributed by atoms with Gasteiger partial charge in [0.1, 0.15) is 4.21 Å². The predicted molar refractivity (Wildman–Crippen MR) is 78.3 cm³/mol. The second kappa shape index (κ2) is 6.10. The van der Waals surface area contributed by atoms with Crippen LogP contribution in [0.3, 0.4) is 0 Å². The van der Waals surface area contributed by atoms with Crippen LogP contribution in [0.5, 0.6) is 0 Å². The molecule has 0 radical (unpaired) electrons. The van der Waals surface area contributed by atoms with Gasteiger partial charge < -0.3 is 5.32 Å². The maximum Gasteiger partial charge on any atom is 0.254 e. The minimum absolute atomic E-state index is 0.000634. The van der Waals surface area contributed by atoms with Crippen molar-refractivity contribution in [1.29, 1.82) is 0 Å². The lowest BCUT2D eigenvalue weighted by molar-refractivity contribution is 0.0947. The topological polar surface area (TPSA) is 89.3 Å². The van der Waals surface area contributed by atoms with Gasteiger partial charge in [0.05, 0.1) is 17.1 Å². The van der Waals surface area contributed by atoms with Gasteiger partial charge in [-0.3, -0.25) is 4.79 Å². The molecule has 9 heteroatoms. The van der Waals surface area contributed by atoms with Gasteiger partial charge in [-0.25, -0.2) is 17.9 Å². The first kappa shape index (κ1) is 15.9. The zero-order chi connectivity index (χ0) is 15.6. The van der Waals surface area contributed by atoms with Gasteiger partial charge in [0.25, 0.3) is 5.91 Å². The Morgan fingerprint density at radius 2 is 2.05 bits per heavy atom. The van der Waals surface area contributed by atoms with Crippen LogP contribution < -0.4 is 10.5 Å². The van der Waals surface area contributed by atoms with Gasteiger partial charge in [-0.15, -0.1) is 11.3 Å². The molecule has 3 N–H and O–H groups in total. The second-order valence-corrected chi connectivity index (χ2v) is 7.41. The number of carbonyl (C=O) groups is 1. The van der Waals surface area contributed by atoms with Crippen LogP contribution in [0, 0.1) is 5.82 Å². The number of carbonyl (C=O) groups excluding carboxylic acids is 1. The van der Waals surface area contributed by atoms with Crippen molar-refractivity contribution < 1.29 is 17.6 Å². The number of hydrogen-bond acceptors (Lipinski definition) is 4. The number of thiophene rings is 1. The predicted octanol–water partition coefficient (Wildman–Crippen LogP) is 2.12. The summed E-state index contributed by atoms with van der Waals surface area (Å²) < 4.78 is 35.9. The summed E-state index contributed by atoms with van der Waals surface area (Å²) in [5.41, 5.74) is -0.175. The molecule has 2 rings (SSSR count). The van der Waals surface area contributed by atoms with Crippen molar-refractivity contribution in [2.24, 2.45) is 5.14 Å². The highest BCUT2D eigenvalue weighted by Crippen LogP contribution is 2.21. The fourth-order valence-corrected chi connectivity index (χ4v) is 3.44. The van der Waals surface area contributed by atoms with Gasteiger partial charge in [0.15, 0.2) is 5.82 Å². The van der Waals surface area contributed by atoms with Crippen molar-refractivity contribution in [2.45, 2.75) is 10.8 Å². The summed E-state index contributed by atoms with van der Waals surface area (Å²) in [6, 6.07) is 6.98. The molecule has 0 aliphatic heterocycles. The highest BCUT2D eigenvalue weighted by atomic mass is 35.5. The van der Waals surface area contributed by atoms with Crippen LogP contribution in [0.2, 0.25) is 5.02 Å². The number of primary sulfonamides is 1. The number of benzene rings is 1. The zero-order valence-corrected chi connectivity index (χ0v) is 12.9. The molecule has 1 heterocycles. The van der Waals surface area contributed by atoms with Crippen molar-refractivity contribution in [3.8, 4) is 0 Å². The third kappa shape index (κ3) is 3.79. The third-order valence-corrected chi connectivity index (χ3v) is 5.35. The summed E-state index contributed by atoms with van der Waals surface area (Å²) in [5, 5.41) is 7.33. The Hall–Kier alpha value is -1.48. The van der Waals surface area contributed by atoms with Crippen LogP contribution >= 0.6 is 22.9 Å². The molecule has 112 valence electrons. The highest BCUT2D eigenvalue weighted by Gasteiger charge is 2.15. The molecule has 0 atom stereocenters. The third-order valence-electron chi connectivity index (χ3n) is 2.54. The first-order valence-electron chi connectivity index (χ1n) is 5.63. The van der Waals surface area contributed by atoms with Crippen molar-refractivity contribution in [2.75, 3.05) is 0 Å². The molecule has 0 fully saturated rings. The molecule has 0 saturated carbocycles. The molecule has 1 amide bonds. The van der Waals surface area contributed by atoms with E-state index in [9.17, 15) is 17.6 Å². The second-order valence-electron chi connectivity index (χ2n) is 4.05. The number of halogens is 2. The Labute approximate surface area is 129 Å². The summed E-state index contributed by atoms with van der Waals surface area (Å²) in [6.07, 6.45) is 0. The molecule has 2 aromatic rings. The summed E-state index contributed by atoms with van der Waals surface area (Å²) in [7, 11) is -3.76. The van der Waals surface area contributed by atoms with Crippen LogP contribution in [0.25, 0.3) is 0 Å². The maximum atomic E-state index is 13.7. The minimum Gasteiger partial charge on any atom is -0.347 e. The molecule has 1 aromatic heterocycles. The molecular weight excluding hydrogens is 339 g/mol. The van der Waals surface area contributed by atoms with Gasteiger partial charge in [-0.1, -0.05) is 17.7 Å². The molecular formula is C12H10ClFN2O3S2. The Morgan fingerprint density at radius 1 is 1.33 bits per heavy atom. The van der Waals surface area contributed by atoms with Gasteiger partial charge in [-0.2, -0.15) is 0 Å². The van der Waals surface area contributed by atoms with Crippen LogP contribution in [-0.4, -0.2) is 14.3 Å². The smallest absolute Gasteiger partial charge is 0.254 e. The minimum atomic E-state index is -3.76. The van der Waals surface area contributed by atoms with Gasteiger partial charge in [0.2, 0.25) is 10.0 Å². The van der Waals surface area contributed by atoms with Gasteiger partial charge in [-0.05, 0) is 24.3 Å². The first-order chi connectivity index (χ1) is 9.79. The van der Waals surface area contributed by atoms with Crippen LogP contribution in [0.1, 0.15) is 15.2 Å². The van der Waals surface area contributed by atoms with Crippen molar-refractivity contribution >= 4 is 38.9 Å². The SMILES string of the molecule is NS(=O)(=O)c1ccc(CNC(=O)c2cccc(Cl)c2F)s1. The van der Waals surface area contributed by atoms with E-state index < -0.39 is 21.7 Å². The van der Waals surface area contributed by atoms with E-state index in [-0.39, 0.29) is 21.3 Å². The Morgan fingerprint density at radius 3 is 2.67 bits per heavy atom. The number of nitrogens with two attached hydrogens (primary N) is 1.